The Morgan fingerprint density at radius 2 is 1.89 bits per heavy atom. The predicted octanol–water partition coefficient (Wildman–Crippen LogP) is 4.34. The van der Waals surface area contributed by atoms with Crippen molar-refractivity contribution < 1.29 is 19.1 Å². The Balaban J connectivity index is 1.88. The highest BCUT2D eigenvalue weighted by atomic mass is 32.2. The smallest absolute Gasteiger partial charge is 0.298 e. The highest BCUT2D eigenvalue weighted by Gasteiger charge is 2.36. The van der Waals surface area contributed by atoms with E-state index in [9.17, 15) is 9.59 Å². The number of rotatable bonds is 6. The number of amides is 2. The minimum absolute atomic E-state index is 0.134. The van der Waals surface area contributed by atoms with Crippen LogP contribution in [0.5, 0.6) is 11.5 Å². The van der Waals surface area contributed by atoms with Crippen LogP contribution in [-0.4, -0.2) is 24.4 Å². The Morgan fingerprint density at radius 3 is 2.59 bits per heavy atom. The van der Waals surface area contributed by atoms with E-state index >= 15 is 0 Å². The Labute approximate surface area is 162 Å². The number of hydrogen-bond donors (Lipinski definition) is 0. The summed E-state index contributed by atoms with van der Waals surface area (Å²) >= 11 is 0.909. The van der Waals surface area contributed by atoms with Gasteiger partial charge in [0.2, 0.25) is 0 Å². The van der Waals surface area contributed by atoms with Gasteiger partial charge in [-0.05, 0) is 54.6 Å². The van der Waals surface area contributed by atoms with E-state index in [1.807, 2.05) is 13.0 Å². The van der Waals surface area contributed by atoms with Crippen LogP contribution in [0.15, 0.2) is 53.4 Å². The highest BCUT2D eigenvalue weighted by molar-refractivity contribution is 8.19. The van der Waals surface area contributed by atoms with Crippen LogP contribution in [0.4, 0.5) is 10.5 Å². The first-order chi connectivity index (χ1) is 13.1. The lowest BCUT2D eigenvalue weighted by Crippen LogP contribution is -2.27. The molecule has 0 atom stereocenters. The van der Waals surface area contributed by atoms with Crippen LogP contribution in [0.3, 0.4) is 0 Å². The zero-order chi connectivity index (χ0) is 19.2. The maximum absolute atomic E-state index is 12.7. The first-order valence-corrected chi connectivity index (χ1v) is 9.11. The normalized spacial score (nSPS) is 15.1. The van der Waals surface area contributed by atoms with Gasteiger partial charge in [0.25, 0.3) is 11.1 Å². The fourth-order valence-corrected chi connectivity index (χ4v) is 3.38. The summed E-state index contributed by atoms with van der Waals surface area (Å²) in [6, 6.07) is 14.1. The van der Waals surface area contributed by atoms with E-state index in [0.29, 0.717) is 28.7 Å². The number of terminal acetylenes is 1. The van der Waals surface area contributed by atoms with Gasteiger partial charge in [0.05, 0.1) is 17.2 Å². The molecule has 5 nitrogen and oxygen atoms in total. The second-order valence-electron chi connectivity index (χ2n) is 5.48. The standard InChI is InChI=1S/C21H17NO4S/c1-3-12-26-17-11-10-15(13-18(17)25-4-2)14-19-20(23)22(21(24)27-19)16-8-6-5-7-9-16/h1,5-11,13-14H,4,12H2,2H3/b19-14+. The third kappa shape index (κ3) is 4.15. The second-order valence-corrected chi connectivity index (χ2v) is 6.48. The summed E-state index contributed by atoms with van der Waals surface area (Å²) in [5.74, 6) is 3.13. The molecule has 1 fully saturated rings. The highest BCUT2D eigenvalue weighted by Crippen LogP contribution is 2.36. The van der Waals surface area contributed by atoms with Crippen molar-refractivity contribution in [2.45, 2.75) is 6.92 Å². The van der Waals surface area contributed by atoms with Crippen molar-refractivity contribution in [1.29, 1.82) is 0 Å². The van der Waals surface area contributed by atoms with E-state index in [2.05, 4.69) is 5.92 Å². The fourth-order valence-electron chi connectivity index (χ4n) is 2.54. The van der Waals surface area contributed by atoms with Crippen molar-refractivity contribution >= 4 is 34.7 Å². The van der Waals surface area contributed by atoms with Crippen molar-refractivity contribution in [3.8, 4) is 23.8 Å². The van der Waals surface area contributed by atoms with Gasteiger partial charge in [-0.1, -0.05) is 30.2 Å². The topological polar surface area (TPSA) is 55.8 Å². The largest absolute Gasteiger partial charge is 0.490 e. The average Bonchev–Trinajstić information content (AvgIpc) is 2.95. The third-order valence-electron chi connectivity index (χ3n) is 3.68. The average molecular weight is 379 g/mol. The molecule has 0 radical (unpaired) electrons. The molecule has 1 aliphatic rings. The minimum Gasteiger partial charge on any atom is -0.490 e. The van der Waals surface area contributed by atoms with Gasteiger partial charge >= 0.3 is 0 Å². The number of carbonyl (C=O) groups is 2. The molecule has 1 saturated heterocycles. The van der Waals surface area contributed by atoms with Gasteiger partial charge < -0.3 is 9.47 Å². The Hall–Kier alpha value is -3.17. The van der Waals surface area contributed by atoms with E-state index in [1.54, 1.807) is 48.5 Å². The fraction of sp³-hybridized carbons (Fsp3) is 0.143. The summed E-state index contributed by atoms with van der Waals surface area (Å²) in [6.45, 7) is 2.46. The van der Waals surface area contributed by atoms with E-state index in [1.165, 1.54) is 4.90 Å². The third-order valence-corrected chi connectivity index (χ3v) is 4.55. The Kier molecular flexibility index (Phi) is 5.84. The number of hydrogen-bond acceptors (Lipinski definition) is 5. The van der Waals surface area contributed by atoms with Gasteiger partial charge in [-0.25, -0.2) is 4.90 Å². The molecule has 0 N–H and O–H groups in total. The second kappa shape index (κ2) is 8.47. The summed E-state index contributed by atoms with van der Waals surface area (Å²) in [4.78, 5) is 26.5. The summed E-state index contributed by atoms with van der Waals surface area (Å²) in [5, 5.41) is -0.323. The number of carbonyl (C=O) groups excluding carboxylic acids is 2. The van der Waals surface area contributed by atoms with Crippen LogP contribution in [0.2, 0.25) is 0 Å². The van der Waals surface area contributed by atoms with Crippen LogP contribution >= 0.6 is 11.8 Å². The van der Waals surface area contributed by atoms with Crippen LogP contribution in [-0.2, 0) is 4.79 Å². The van der Waals surface area contributed by atoms with Gasteiger partial charge in [0, 0.05) is 0 Å². The molecule has 6 heteroatoms. The molecule has 27 heavy (non-hydrogen) atoms. The van der Waals surface area contributed by atoms with Crippen LogP contribution in [0, 0.1) is 12.3 Å². The number of ether oxygens (including phenoxy) is 2. The molecular formula is C21H17NO4S. The molecular weight excluding hydrogens is 362 g/mol. The lowest BCUT2D eigenvalue weighted by molar-refractivity contribution is -0.113. The summed E-state index contributed by atoms with van der Waals surface area (Å²) in [6.07, 6.45) is 6.89. The zero-order valence-corrected chi connectivity index (χ0v) is 15.5. The number of thioether (sulfide) groups is 1. The molecule has 2 amide bonds. The van der Waals surface area contributed by atoms with E-state index < -0.39 is 0 Å². The van der Waals surface area contributed by atoms with Gasteiger partial charge in [0.15, 0.2) is 11.5 Å². The van der Waals surface area contributed by atoms with E-state index in [4.69, 9.17) is 15.9 Å². The SMILES string of the molecule is C#CCOc1ccc(/C=C2/SC(=O)N(c3ccccc3)C2=O)cc1OCC. The number of anilines is 1. The maximum atomic E-state index is 12.7. The molecule has 0 saturated carbocycles. The lowest BCUT2D eigenvalue weighted by Gasteiger charge is -2.12. The van der Waals surface area contributed by atoms with Crippen molar-refractivity contribution in [1.82, 2.24) is 0 Å². The molecule has 2 aromatic rings. The number of imide groups is 1. The van der Waals surface area contributed by atoms with Crippen molar-refractivity contribution in [2.75, 3.05) is 18.1 Å². The molecule has 0 aromatic heterocycles. The summed E-state index contributed by atoms with van der Waals surface area (Å²) in [7, 11) is 0. The maximum Gasteiger partial charge on any atom is 0.298 e. The van der Waals surface area contributed by atoms with Crippen LogP contribution in [0.25, 0.3) is 6.08 Å². The van der Waals surface area contributed by atoms with Crippen molar-refractivity contribution in [3.63, 3.8) is 0 Å². The Morgan fingerprint density at radius 1 is 1.11 bits per heavy atom. The molecule has 0 unspecified atom stereocenters. The number of benzene rings is 2. The molecule has 2 aromatic carbocycles. The molecule has 0 bridgehead atoms. The minimum atomic E-state index is -0.346. The summed E-state index contributed by atoms with van der Waals surface area (Å²) in [5.41, 5.74) is 1.28. The molecule has 0 spiro atoms. The monoisotopic (exact) mass is 379 g/mol. The van der Waals surface area contributed by atoms with Crippen LogP contribution < -0.4 is 14.4 Å². The van der Waals surface area contributed by atoms with Crippen molar-refractivity contribution in [2.24, 2.45) is 0 Å². The van der Waals surface area contributed by atoms with Gasteiger partial charge in [-0.2, -0.15) is 0 Å². The van der Waals surface area contributed by atoms with Crippen LogP contribution in [0.1, 0.15) is 12.5 Å². The molecule has 136 valence electrons. The molecule has 3 rings (SSSR count). The molecule has 1 aliphatic heterocycles. The van der Waals surface area contributed by atoms with E-state index in [-0.39, 0.29) is 17.8 Å². The quantitative estimate of drug-likeness (QED) is 0.552. The van der Waals surface area contributed by atoms with Gasteiger partial charge in [-0.3, -0.25) is 9.59 Å². The zero-order valence-electron chi connectivity index (χ0n) is 14.7. The first kappa shape index (κ1) is 18.6. The van der Waals surface area contributed by atoms with Crippen molar-refractivity contribution in [3.05, 3.63) is 59.0 Å². The predicted molar refractivity (Wildman–Crippen MR) is 107 cm³/mol. The molecule has 1 heterocycles. The first-order valence-electron chi connectivity index (χ1n) is 8.30. The number of nitrogens with zero attached hydrogens (tertiary/aromatic N) is 1. The number of para-hydroxylation sites is 1. The Bertz CT molecular complexity index is 931. The van der Waals surface area contributed by atoms with Gasteiger partial charge in [0.1, 0.15) is 6.61 Å². The van der Waals surface area contributed by atoms with Gasteiger partial charge in [-0.15, -0.1) is 6.42 Å². The molecule has 0 aliphatic carbocycles. The van der Waals surface area contributed by atoms with E-state index in [0.717, 1.165) is 17.3 Å². The lowest BCUT2D eigenvalue weighted by atomic mass is 10.1. The summed E-state index contributed by atoms with van der Waals surface area (Å²) < 4.78 is 11.0.